The summed E-state index contributed by atoms with van der Waals surface area (Å²) in [6.07, 6.45) is 0. The van der Waals surface area contributed by atoms with Crippen LogP contribution in [0.25, 0.3) is 0 Å². The number of nitrogens with zero attached hydrogens (tertiary/aromatic N) is 1. The molecule has 1 aromatic heterocycles. The van der Waals surface area contributed by atoms with Gasteiger partial charge in [0.25, 0.3) is 5.91 Å². The van der Waals surface area contributed by atoms with Gasteiger partial charge < -0.3 is 11.1 Å². The zero-order chi connectivity index (χ0) is 13.1. The smallest absolute Gasteiger partial charge is 0.258 e. The number of nitrogen functional groups attached to an aromatic ring is 1. The van der Waals surface area contributed by atoms with Gasteiger partial charge in [-0.1, -0.05) is 17.7 Å². The molecular formula is C12H9ClFN3O. The van der Waals surface area contributed by atoms with Gasteiger partial charge in [0.05, 0.1) is 5.56 Å². The molecule has 2 rings (SSSR count). The molecule has 0 aliphatic rings. The molecule has 0 bridgehead atoms. The van der Waals surface area contributed by atoms with E-state index in [-0.39, 0.29) is 17.1 Å². The molecule has 0 radical (unpaired) electrons. The second kappa shape index (κ2) is 5.01. The van der Waals surface area contributed by atoms with E-state index in [1.54, 1.807) is 6.07 Å². The number of nitrogens with one attached hydrogen (secondary N) is 1. The van der Waals surface area contributed by atoms with Crippen molar-refractivity contribution in [3.63, 3.8) is 0 Å². The topological polar surface area (TPSA) is 68.0 Å². The van der Waals surface area contributed by atoms with Crippen LogP contribution in [0.15, 0.2) is 36.4 Å². The quantitative estimate of drug-likeness (QED) is 0.648. The number of rotatable bonds is 2. The first-order chi connectivity index (χ1) is 8.56. The SMILES string of the molecule is Nc1cc(Cl)ccc1C(=O)Nc1cccc(F)n1. The summed E-state index contributed by atoms with van der Waals surface area (Å²) in [5, 5.41) is 2.88. The standard InChI is InChI=1S/C12H9ClFN3O/c13-7-4-5-8(9(15)6-7)12(18)17-11-3-1-2-10(14)16-11/h1-6H,15H2,(H,16,17,18). The highest BCUT2D eigenvalue weighted by atomic mass is 35.5. The van der Waals surface area contributed by atoms with Gasteiger partial charge in [0.15, 0.2) is 0 Å². The molecule has 92 valence electrons. The number of hydrogen-bond donors (Lipinski definition) is 2. The molecule has 0 saturated heterocycles. The van der Waals surface area contributed by atoms with Crippen LogP contribution in [-0.2, 0) is 0 Å². The first-order valence-corrected chi connectivity index (χ1v) is 5.43. The third-order valence-electron chi connectivity index (χ3n) is 2.21. The lowest BCUT2D eigenvalue weighted by atomic mass is 10.1. The predicted molar refractivity (Wildman–Crippen MR) is 68.0 cm³/mol. The molecule has 4 nitrogen and oxygen atoms in total. The zero-order valence-corrected chi connectivity index (χ0v) is 9.91. The average molecular weight is 266 g/mol. The molecule has 3 N–H and O–H groups in total. The number of benzene rings is 1. The molecule has 0 atom stereocenters. The van der Waals surface area contributed by atoms with E-state index >= 15 is 0 Å². The van der Waals surface area contributed by atoms with Crippen LogP contribution >= 0.6 is 11.6 Å². The summed E-state index contributed by atoms with van der Waals surface area (Å²) >= 11 is 5.73. The van der Waals surface area contributed by atoms with E-state index in [1.807, 2.05) is 0 Å². The third-order valence-corrected chi connectivity index (χ3v) is 2.45. The van der Waals surface area contributed by atoms with Gasteiger partial charge in [-0.05, 0) is 30.3 Å². The highest BCUT2D eigenvalue weighted by Crippen LogP contribution is 2.19. The van der Waals surface area contributed by atoms with Gasteiger partial charge in [-0.3, -0.25) is 4.79 Å². The number of aromatic nitrogens is 1. The first kappa shape index (κ1) is 12.3. The van der Waals surface area contributed by atoms with Crippen LogP contribution in [0, 0.1) is 5.95 Å². The van der Waals surface area contributed by atoms with Crippen molar-refractivity contribution in [2.75, 3.05) is 11.1 Å². The maximum atomic E-state index is 12.8. The van der Waals surface area contributed by atoms with Crippen molar-refractivity contribution in [1.82, 2.24) is 4.98 Å². The minimum absolute atomic E-state index is 0.120. The first-order valence-electron chi connectivity index (χ1n) is 5.05. The fraction of sp³-hybridized carbons (Fsp3) is 0. The molecule has 2 aromatic rings. The van der Waals surface area contributed by atoms with Crippen molar-refractivity contribution in [2.45, 2.75) is 0 Å². The minimum atomic E-state index is -0.670. The van der Waals surface area contributed by atoms with Gasteiger partial charge in [-0.25, -0.2) is 4.98 Å². The van der Waals surface area contributed by atoms with Crippen LogP contribution in [0.2, 0.25) is 5.02 Å². The lowest BCUT2D eigenvalue weighted by molar-refractivity contribution is 0.102. The van der Waals surface area contributed by atoms with E-state index in [4.69, 9.17) is 17.3 Å². The maximum Gasteiger partial charge on any atom is 0.258 e. The van der Waals surface area contributed by atoms with E-state index in [0.717, 1.165) is 0 Å². The summed E-state index contributed by atoms with van der Waals surface area (Å²) in [7, 11) is 0. The average Bonchev–Trinajstić information content (AvgIpc) is 2.28. The Morgan fingerprint density at radius 2 is 2.11 bits per heavy atom. The number of carbonyl (C=O) groups is 1. The molecule has 1 amide bonds. The molecule has 1 aromatic carbocycles. The summed E-state index contributed by atoms with van der Waals surface area (Å²) < 4.78 is 12.8. The van der Waals surface area contributed by atoms with Crippen LogP contribution in [-0.4, -0.2) is 10.9 Å². The monoisotopic (exact) mass is 265 g/mol. The van der Waals surface area contributed by atoms with Crippen molar-refractivity contribution in [2.24, 2.45) is 0 Å². The Bertz CT molecular complexity index is 604. The summed E-state index contributed by atoms with van der Waals surface area (Å²) in [5.74, 6) is -1.02. The van der Waals surface area contributed by atoms with Gasteiger partial charge >= 0.3 is 0 Å². The fourth-order valence-corrected chi connectivity index (χ4v) is 1.58. The number of anilines is 2. The van der Waals surface area contributed by atoms with Crippen LogP contribution < -0.4 is 11.1 Å². The van der Waals surface area contributed by atoms with Crippen molar-refractivity contribution in [3.8, 4) is 0 Å². The number of nitrogens with two attached hydrogens (primary N) is 1. The number of halogens is 2. The summed E-state index contributed by atoms with van der Waals surface area (Å²) in [5.41, 5.74) is 6.17. The molecule has 1 heterocycles. The minimum Gasteiger partial charge on any atom is -0.398 e. The Balaban J connectivity index is 2.22. The normalized spacial score (nSPS) is 10.1. The third kappa shape index (κ3) is 2.75. The molecule has 0 unspecified atom stereocenters. The number of carbonyl (C=O) groups excluding carboxylic acids is 1. The zero-order valence-electron chi connectivity index (χ0n) is 9.15. The molecule has 0 fully saturated rings. The van der Waals surface area contributed by atoms with Gasteiger partial charge in [-0.2, -0.15) is 4.39 Å². The van der Waals surface area contributed by atoms with Crippen LogP contribution in [0.5, 0.6) is 0 Å². The van der Waals surface area contributed by atoms with Gasteiger partial charge in [0.1, 0.15) is 5.82 Å². The second-order valence-electron chi connectivity index (χ2n) is 3.53. The molecule has 0 saturated carbocycles. The van der Waals surface area contributed by atoms with Crippen LogP contribution in [0.1, 0.15) is 10.4 Å². The lowest BCUT2D eigenvalue weighted by Crippen LogP contribution is -2.15. The van der Waals surface area contributed by atoms with Crippen molar-refractivity contribution < 1.29 is 9.18 Å². The van der Waals surface area contributed by atoms with Crippen molar-refractivity contribution >= 4 is 29.0 Å². The van der Waals surface area contributed by atoms with Crippen LogP contribution in [0.3, 0.4) is 0 Å². The highest BCUT2D eigenvalue weighted by molar-refractivity contribution is 6.31. The maximum absolute atomic E-state index is 12.8. The van der Waals surface area contributed by atoms with E-state index < -0.39 is 11.9 Å². The van der Waals surface area contributed by atoms with E-state index in [9.17, 15) is 9.18 Å². The Hall–Kier alpha value is -2.14. The van der Waals surface area contributed by atoms with E-state index in [0.29, 0.717) is 5.02 Å². The summed E-state index contributed by atoms with van der Waals surface area (Å²) in [4.78, 5) is 15.4. The molecule has 0 aliphatic carbocycles. The van der Waals surface area contributed by atoms with E-state index in [1.165, 1.54) is 30.3 Å². The van der Waals surface area contributed by atoms with Gasteiger partial charge in [0.2, 0.25) is 5.95 Å². The fourth-order valence-electron chi connectivity index (χ4n) is 1.40. The van der Waals surface area contributed by atoms with Crippen LogP contribution in [0.4, 0.5) is 15.9 Å². The predicted octanol–water partition coefficient (Wildman–Crippen LogP) is 2.71. The van der Waals surface area contributed by atoms with Gasteiger partial charge in [0, 0.05) is 10.7 Å². The largest absolute Gasteiger partial charge is 0.398 e. The molecule has 0 spiro atoms. The summed E-state index contributed by atoms with van der Waals surface area (Å²) in [6, 6.07) is 8.62. The Labute approximate surface area is 108 Å². The Kier molecular flexibility index (Phi) is 3.43. The van der Waals surface area contributed by atoms with E-state index in [2.05, 4.69) is 10.3 Å². The Morgan fingerprint density at radius 3 is 2.78 bits per heavy atom. The number of hydrogen-bond acceptors (Lipinski definition) is 3. The summed E-state index contributed by atoms with van der Waals surface area (Å²) in [6.45, 7) is 0. The number of amides is 1. The lowest BCUT2D eigenvalue weighted by Gasteiger charge is -2.07. The number of pyridine rings is 1. The molecular weight excluding hydrogens is 257 g/mol. The Morgan fingerprint density at radius 1 is 1.33 bits per heavy atom. The highest BCUT2D eigenvalue weighted by Gasteiger charge is 2.11. The second-order valence-corrected chi connectivity index (χ2v) is 3.97. The van der Waals surface area contributed by atoms with Gasteiger partial charge in [-0.15, -0.1) is 0 Å². The molecule has 6 heteroatoms. The molecule has 18 heavy (non-hydrogen) atoms. The molecule has 0 aliphatic heterocycles. The van der Waals surface area contributed by atoms with Crippen molar-refractivity contribution in [3.05, 3.63) is 52.9 Å². The van der Waals surface area contributed by atoms with Crippen molar-refractivity contribution in [1.29, 1.82) is 0 Å².